The molecular formula is C13H15F3N2O2. The van der Waals surface area contributed by atoms with Crippen molar-refractivity contribution in [3.8, 4) is 5.75 Å². The topological polar surface area (TPSA) is 56.8 Å². The molecule has 0 bridgehead atoms. The summed E-state index contributed by atoms with van der Waals surface area (Å²) >= 11 is 0. The summed E-state index contributed by atoms with van der Waals surface area (Å²) in [6, 6.07) is 4.70. The van der Waals surface area contributed by atoms with Crippen LogP contribution >= 0.6 is 0 Å². The largest absolute Gasteiger partial charge is 0.491 e. The van der Waals surface area contributed by atoms with E-state index >= 15 is 0 Å². The van der Waals surface area contributed by atoms with Crippen molar-refractivity contribution in [1.82, 2.24) is 0 Å². The third-order valence-electron chi connectivity index (χ3n) is 2.86. The summed E-state index contributed by atoms with van der Waals surface area (Å²) < 4.78 is 47.8. The second kappa shape index (κ2) is 5.60. The molecule has 0 aromatic heterocycles. The summed E-state index contributed by atoms with van der Waals surface area (Å²) in [5, 5.41) is 0. The van der Waals surface area contributed by atoms with Crippen LogP contribution in [0.15, 0.2) is 29.3 Å². The highest BCUT2D eigenvalue weighted by molar-refractivity contribution is 5.73. The molecular weight excluding hydrogens is 273 g/mol. The van der Waals surface area contributed by atoms with Gasteiger partial charge in [-0.25, -0.2) is 4.99 Å². The van der Waals surface area contributed by atoms with Crippen LogP contribution in [-0.4, -0.2) is 24.8 Å². The zero-order valence-corrected chi connectivity index (χ0v) is 10.9. The molecule has 1 aliphatic rings. The SMILES string of the molecule is CC(C[C@H]1COC(N)=N1)Oc1ccc(C(F)(F)F)cc1. The number of nitrogens with two attached hydrogens (primary N) is 1. The Balaban J connectivity index is 1.90. The Kier molecular flexibility index (Phi) is 4.06. The van der Waals surface area contributed by atoms with E-state index in [2.05, 4.69) is 4.99 Å². The van der Waals surface area contributed by atoms with Gasteiger partial charge in [-0.05, 0) is 31.2 Å². The smallest absolute Gasteiger partial charge is 0.416 e. The van der Waals surface area contributed by atoms with Crippen LogP contribution < -0.4 is 10.5 Å². The van der Waals surface area contributed by atoms with Crippen LogP contribution in [0.1, 0.15) is 18.9 Å². The molecule has 0 aliphatic carbocycles. The number of nitrogens with zero attached hydrogens (tertiary/aromatic N) is 1. The fraction of sp³-hybridized carbons (Fsp3) is 0.462. The molecule has 0 spiro atoms. The van der Waals surface area contributed by atoms with Gasteiger partial charge in [0, 0.05) is 6.42 Å². The van der Waals surface area contributed by atoms with E-state index in [0.29, 0.717) is 18.8 Å². The van der Waals surface area contributed by atoms with Crippen molar-refractivity contribution in [2.75, 3.05) is 6.61 Å². The lowest BCUT2D eigenvalue weighted by Gasteiger charge is -2.16. The van der Waals surface area contributed by atoms with Gasteiger partial charge in [-0.15, -0.1) is 0 Å². The molecule has 110 valence electrons. The van der Waals surface area contributed by atoms with Crippen molar-refractivity contribution in [2.45, 2.75) is 31.7 Å². The van der Waals surface area contributed by atoms with E-state index in [0.717, 1.165) is 12.1 Å². The zero-order valence-electron chi connectivity index (χ0n) is 10.9. The maximum atomic E-state index is 12.4. The maximum Gasteiger partial charge on any atom is 0.416 e. The Morgan fingerprint density at radius 3 is 2.55 bits per heavy atom. The molecule has 7 heteroatoms. The summed E-state index contributed by atoms with van der Waals surface area (Å²) in [5.74, 6) is 0.390. The van der Waals surface area contributed by atoms with E-state index in [9.17, 15) is 13.2 Å². The third kappa shape index (κ3) is 3.79. The van der Waals surface area contributed by atoms with Gasteiger partial charge in [0.25, 0.3) is 6.02 Å². The van der Waals surface area contributed by atoms with E-state index in [-0.39, 0.29) is 18.2 Å². The van der Waals surface area contributed by atoms with Crippen LogP contribution in [0.4, 0.5) is 13.2 Å². The first-order chi connectivity index (χ1) is 9.34. The fourth-order valence-corrected chi connectivity index (χ4v) is 1.94. The minimum Gasteiger partial charge on any atom is -0.491 e. The van der Waals surface area contributed by atoms with Gasteiger partial charge >= 0.3 is 6.18 Å². The molecule has 2 N–H and O–H groups in total. The molecule has 1 heterocycles. The van der Waals surface area contributed by atoms with E-state index in [1.54, 1.807) is 0 Å². The summed E-state index contributed by atoms with van der Waals surface area (Å²) in [6.07, 6.45) is -3.95. The summed E-state index contributed by atoms with van der Waals surface area (Å²) in [4.78, 5) is 4.06. The molecule has 1 aliphatic heterocycles. The molecule has 0 saturated heterocycles. The van der Waals surface area contributed by atoms with Crippen LogP contribution in [-0.2, 0) is 10.9 Å². The summed E-state index contributed by atoms with van der Waals surface area (Å²) in [7, 11) is 0. The number of hydrogen-bond acceptors (Lipinski definition) is 4. The Bertz CT molecular complexity index is 485. The molecule has 1 unspecified atom stereocenters. The normalized spacial score (nSPS) is 20.2. The number of hydrogen-bond donors (Lipinski definition) is 1. The fourth-order valence-electron chi connectivity index (χ4n) is 1.94. The van der Waals surface area contributed by atoms with Crippen molar-refractivity contribution < 1.29 is 22.6 Å². The molecule has 0 radical (unpaired) electrons. The van der Waals surface area contributed by atoms with Crippen molar-refractivity contribution in [1.29, 1.82) is 0 Å². The van der Waals surface area contributed by atoms with Gasteiger partial charge in [0.1, 0.15) is 12.4 Å². The first-order valence-corrected chi connectivity index (χ1v) is 6.14. The molecule has 0 amide bonds. The summed E-state index contributed by atoms with van der Waals surface area (Å²) in [6.45, 7) is 2.23. The minimum absolute atomic E-state index is 0.0700. The average molecular weight is 288 g/mol. The van der Waals surface area contributed by atoms with E-state index < -0.39 is 11.7 Å². The lowest BCUT2D eigenvalue weighted by Crippen LogP contribution is -2.20. The van der Waals surface area contributed by atoms with Gasteiger partial charge in [-0.2, -0.15) is 13.2 Å². The van der Waals surface area contributed by atoms with E-state index in [4.69, 9.17) is 15.2 Å². The molecule has 0 saturated carbocycles. The van der Waals surface area contributed by atoms with Crippen LogP contribution in [0.2, 0.25) is 0 Å². The first kappa shape index (κ1) is 14.5. The quantitative estimate of drug-likeness (QED) is 0.926. The van der Waals surface area contributed by atoms with Crippen LogP contribution in [0, 0.1) is 0 Å². The lowest BCUT2D eigenvalue weighted by atomic mass is 10.1. The van der Waals surface area contributed by atoms with E-state index in [1.165, 1.54) is 12.1 Å². The predicted molar refractivity (Wildman–Crippen MR) is 67.5 cm³/mol. The number of aliphatic imine (C=N–C) groups is 1. The third-order valence-corrected chi connectivity index (χ3v) is 2.86. The molecule has 2 atom stereocenters. The number of rotatable bonds is 4. The predicted octanol–water partition coefficient (Wildman–Crippen LogP) is 2.58. The van der Waals surface area contributed by atoms with Gasteiger partial charge in [0.05, 0.1) is 17.7 Å². The monoisotopic (exact) mass is 288 g/mol. The Morgan fingerprint density at radius 2 is 2.05 bits per heavy atom. The number of amidine groups is 1. The van der Waals surface area contributed by atoms with Gasteiger partial charge in [0.15, 0.2) is 0 Å². The van der Waals surface area contributed by atoms with Gasteiger partial charge < -0.3 is 15.2 Å². The molecule has 1 aromatic carbocycles. The second-order valence-corrected chi connectivity index (χ2v) is 4.62. The average Bonchev–Trinajstić information content (AvgIpc) is 2.74. The van der Waals surface area contributed by atoms with Crippen molar-refractivity contribution >= 4 is 6.02 Å². The van der Waals surface area contributed by atoms with Gasteiger partial charge in [-0.3, -0.25) is 0 Å². The first-order valence-electron chi connectivity index (χ1n) is 6.14. The Morgan fingerprint density at radius 1 is 1.40 bits per heavy atom. The molecule has 0 fully saturated rings. The minimum atomic E-state index is -4.34. The highest BCUT2D eigenvalue weighted by Crippen LogP contribution is 2.30. The van der Waals surface area contributed by atoms with Crippen LogP contribution in [0.3, 0.4) is 0 Å². The molecule has 20 heavy (non-hydrogen) atoms. The molecule has 2 rings (SSSR count). The maximum absolute atomic E-state index is 12.4. The Hall–Kier alpha value is -1.92. The Labute approximate surface area is 114 Å². The number of alkyl halides is 3. The van der Waals surface area contributed by atoms with Crippen LogP contribution in [0.5, 0.6) is 5.75 Å². The lowest BCUT2D eigenvalue weighted by molar-refractivity contribution is -0.137. The summed E-state index contributed by atoms with van der Waals surface area (Å²) in [5.41, 5.74) is 4.70. The highest BCUT2D eigenvalue weighted by atomic mass is 19.4. The van der Waals surface area contributed by atoms with E-state index in [1.807, 2.05) is 6.92 Å². The molecule has 1 aromatic rings. The van der Waals surface area contributed by atoms with Crippen molar-refractivity contribution in [2.24, 2.45) is 10.7 Å². The zero-order chi connectivity index (χ0) is 14.8. The number of ether oxygens (including phenoxy) is 2. The van der Waals surface area contributed by atoms with Crippen molar-refractivity contribution in [3.05, 3.63) is 29.8 Å². The highest BCUT2D eigenvalue weighted by Gasteiger charge is 2.30. The number of halogens is 3. The molecule has 4 nitrogen and oxygen atoms in total. The van der Waals surface area contributed by atoms with Gasteiger partial charge in [-0.1, -0.05) is 0 Å². The number of benzene rings is 1. The second-order valence-electron chi connectivity index (χ2n) is 4.62. The standard InChI is InChI=1S/C13H15F3N2O2/c1-8(6-10-7-19-12(17)18-10)20-11-4-2-9(3-5-11)13(14,15)16/h2-5,8,10H,6-7H2,1H3,(H2,17,18)/t8?,10-/m0/s1. The van der Waals surface area contributed by atoms with Crippen LogP contribution in [0.25, 0.3) is 0 Å². The van der Waals surface area contributed by atoms with Gasteiger partial charge in [0.2, 0.25) is 0 Å². The van der Waals surface area contributed by atoms with Crippen molar-refractivity contribution in [3.63, 3.8) is 0 Å².